The molecule has 1 atom stereocenters. The second-order valence-electron chi connectivity index (χ2n) is 4.73. The van der Waals surface area contributed by atoms with Crippen molar-refractivity contribution in [1.82, 2.24) is 9.55 Å². The Kier molecular flexibility index (Phi) is 2.63. The molecule has 1 unspecified atom stereocenters. The first-order valence-corrected chi connectivity index (χ1v) is 6.24. The van der Waals surface area contributed by atoms with Crippen LogP contribution in [0.3, 0.4) is 0 Å². The van der Waals surface area contributed by atoms with Crippen molar-refractivity contribution in [2.45, 2.75) is 19.9 Å². The monoisotopic (exact) mass is 236 g/mol. The zero-order valence-electron chi connectivity index (χ0n) is 10.7. The lowest BCUT2D eigenvalue weighted by Gasteiger charge is -2.15. The molecule has 3 rings (SSSR count). The van der Waals surface area contributed by atoms with Crippen LogP contribution in [0.1, 0.15) is 24.1 Å². The summed E-state index contributed by atoms with van der Waals surface area (Å²) >= 11 is 0. The highest BCUT2D eigenvalue weighted by Crippen LogP contribution is 2.24. The van der Waals surface area contributed by atoms with Gasteiger partial charge in [0.1, 0.15) is 0 Å². The SMILES string of the molecule is Cc1cnc2ccn(C(C)c3ccccc3)c2c1. The summed E-state index contributed by atoms with van der Waals surface area (Å²) < 4.78 is 2.28. The van der Waals surface area contributed by atoms with Gasteiger partial charge in [0.25, 0.3) is 0 Å². The van der Waals surface area contributed by atoms with Gasteiger partial charge in [-0.1, -0.05) is 30.3 Å². The maximum absolute atomic E-state index is 4.46. The van der Waals surface area contributed by atoms with Crippen molar-refractivity contribution in [2.24, 2.45) is 0 Å². The Morgan fingerprint density at radius 3 is 2.67 bits per heavy atom. The Morgan fingerprint density at radius 2 is 1.89 bits per heavy atom. The summed E-state index contributed by atoms with van der Waals surface area (Å²) in [5.41, 5.74) is 4.77. The predicted octanol–water partition coefficient (Wildman–Crippen LogP) is 3.95. The van der Waals surface area contributed by atoms with E-state index in [9.17, 15) is 0 Å². The van der Waals surface area contributed by atoms with Gasteiger partial charge < -0.3 is 4.57 Å². The van der Waals surface area contributed by atoms with Crippen LogP contribution in [0.15, 0.2) is 54.9 Å². The molecular formula is C16H16N2. The third-order valence-corrected chi connectivity index (χ3v) is 3.40. The van der Waals surface area contributed by atoms with Crippen LogP contribution in [-0.2, 0) is 0 Å². The van der Waals surface area contributed by atoms with Crippen molar-refractivity contribution in [1.29, 1.82) is 0 Å². The number of fused-ring (bicyclic) bond motifs is 1. The predicted molar refractivity (Wildman–Crippen MR) is 74.7 cm³/mol. The number of hydrogen-bond acceptors (Lipinski definition) is 1. The molecule has 0 N–H and O–H groups in total. The van der Waals surface area contributed by atoms with E-state index >= 15 is 0 Å². The van der Waals surface area contributed by atoms with Crippen molar-refractivity contribution in [3.8, 4) is 0 Å². The second kappa shape index (κ2) is 4.30. The minimum atomic E-state index is 0.326. The van der Waals surface area contributed by atoms with Crippen LogP contribution in [0, 0.1) is 6.92 Å². The number of nitrogens with zero attached hydrogens (tertiary/aromatic N) is 2. The highest BCUT2D eigenvalue weighted by atomic mass is 15.0. The number of aryl methyl sites for hydroxylation is 1. The molecule has 2 nitrogen and oxygen atoms in total. The maximum Gasteiger partial charge on any atom is 0.0881 e. The maximum atomic E-state index is 4.46. The van der Waals surface area contributed by atoms with Crippen molar-refractivity contribution < 1.29 is 0 Å². The van der Waals surface area contributed by atoms with Crippen LogP contribution in [0.4, 0.5) is 0 Å². The first kappa shape index (κ1) is 11.0. The van der Waals surface area contributed by atoms with Crippen LogP contribution in [0.2, 0.25) is 0 Å². The van der Waals surface area contributed by atoms with Crippen molar-refractivity contribution in [3.63, 3.8) is 0 Å². The highest BCUT2D eigenvalue weighted by molar-refractivity contribution is 5.76. The van der Waals surface area contributed by atoms with Gasteiger partial charge in [-0.3, -0.25) is 4.98 Å². The average Bonchev–Trinajstić information content (AvgIpc) is 2.82. The summed E-state index contributed by atoms with van der Waals surface area (Å²) in [6.07, 6.45) is 4.04. The molecule has 0 aliphatic rings. The molecule has 0 fully saturated rings. The number of hydrogen-bond donors (Lipinski definition) is 0. The van der Waals surface area contributed by atoms with Gasteiger partial charge in [-0.25, -0.2) is 0 Å². The molecular weight excluding hydrogens is 220 g/mol. The third kappa shape index (κ3) is 1.80. The molecule has 0 saturated carbocycles. The molecule has 0 aliphatic heterocycles. The largest absolute Gasteiger partial charge is 0.339 e. The van der Waals surface area contributed by atoms with Gasteiger partial charge in [-0.15, -0.1) is 0 Å². The van der Waals surface area contributed by atoms with Crippen LogP contribution in [-0.4, -0.2) is 9.55 Å². The molecule has 0 aliphatic carbocycles. The summed E-state index contributed by atoms with van der Waals surface area (Å²) in [5.74, 6) is 0. The fourth-order valence-electron chi connectivity index (χ4n) is 2.36. The van der Waals surface area contributed by atoms with Gasteiger partial charge in [0.2, 0.25) is 0 Å². The smallest absolute Gasteiger partial charge is 0.0881 e. The van der Waals surface area contributed by atoms with E-state index in [-0.39, 0.29) is 0 Å². The lowest BCUT2D eigenvalue weighted by molar-refractivity contribution is 0.664. The van der Waals surface area contributed by atoms with Gasteiger partial charge >= 0.3 is 0 Å². The standard InChI is InChI=1S/C16H16N2/c1-12-10-16-15(17-11-12)8-9-18(16)13(2)14-6-4-3-5-7-14/h3-11,13H,1-2H3. The molecule has 18 heavy (non-hydrogen) atoms. The molecule has 2 aromatic heterocycles. The van der Waals surface area contributed by atoms with E-state index in [1.807, 2.05) is 6.20 Å². The number of rotatable bonds is 2. The van der Waals surface area contributed by atoms with Gasteiger partial charge in [-0.05, 0) is 37.1 Å². The summed E-state index contributed by atoms with van der Waals surface area (Å²) in [7, 11) is 0. The van der Waals surface area contributed by atoms with Gasteiger partial charge in [-0.2, -0.15) is 0 Å². The van der Waals surface area contributed by atoms with Crippen LogP contribution >= 0.6 is 0 Å². The number of aromatic nitrogens is 2. The Hall–Kier alpha value is -2.09. The Balaban J connectivity index is 2.12. The first-order chi connectivity index (χ1) is 8.75. The minimum absolute atomic E-state index is 0.326. The first-order valence-electron chi connectivity index (χ1n) is 6.24. The van der Waals surface area contributed by atoms with Gasteiger partial charge in [0.15, 0.2) is 0 Å². The average molecular weight is 236 g/mol. The normalized spacial score (nSPS) is 12.8. The van der Waals surface area contributed by atoms with E-state index in [1.54, 1.807) is 0 Å². The molecule has 0 radical (unpaired) electrons. The molecule has 2 heteroatoms. The quantitative estimate of drug-likeness (QED) is 0.658. The summed E-state index contributed by atoms with van der Waals surface area (Å²) in [6, 6.07) is 15.2. The molecule has 0 amide bonds. The Labute approximate surface area is 107 Å². The van der Waals surface area contributed by atoms with Crippen molar-refractivity contribution >= 4 is 11.0 Å². The lowest BCUT2D eigenvalue weighted by atomic mass is 10.1. The van der Waals surface area contributed by atoms with Crippen LogP contribution in [0.5, 0.6) is 0 Å². The zero-order valence-corrected chi connectivity index (χ0v) is 10.7. The van der Waals surface area contributed by atoms with E-state index in [1.165, 1.54) is 16.6 Å². The minimum Gasteiger partial charge on any atom is -0.339 e. The zero-order chi connectivity index (χ0) is 12.5. The number of pyridine rings is 1. The molecule has 2 heterocycles. The van der Waals surface area contributed by atoms with E-state index < -0.39 is 0 Å². The molecule has 3 aromatic rings. The third-order valence-electron chi connectivity index (χ3n) is 3.40. The topological polar surface area (TPSA) is 17.8 Å². The fraction of sp³-hybridized carbons (Fsp3) is 0.188. The lowest BCUT2D eigenvalue weighted by Crippen LogP contribution is -2.05. The molecule has 90 valence electrons. The van der Waals surface area contributed by atoms with Gasteiger partial charge in [0, 0.05) is 12.4 Å². The molecule has 0 bridgehead atoms. The second-order valence-corrected chi connectivity index (χ2v) is 4.73. The summed E-state index contributed by atoms with van der Waals surface area (Å²) in [4.78, 5) is 4.46. The Bertz CT molecular complexity index is 668. The van der Waals surface area contributed by atoms with Crippen LogP contribution in [0.25, 0.3) is 11.0 Å². The van der Waals surface area contributed by atoms with Gasteiger partial charge in [0.05, 0.1) is 17.1 Å². The van der Waals surface area contributed by atoms with E-state index in [0.29, 0.717) is 6.04 Å². The summed E-state index contributed by atoms with van der Waals surface area (Å²) in [5, 5.41) is 0. The fourth-order valence-corrected chi connectivity index (χ4v) is 2.36. The summed E-state index contributed by atoms with van der Waals surface area (Å²) in [6.45, 7) is 4.30. The van der Waals surface area contributed by atoms with Crippen molar-refractivity contribution in [3.05, 3.63) is 66.0 Å². The molecule has 0 saturated heterocycles. The number of benzene rings is 1. The van der Waals surface area contributed by atoms with E-state index in [4.69, 9.17) is 0 Å². The Morgan fingerprint density at radius 1 is 1.11 bits per heavy atom. The van der Waals surface area contributed by atoms with Crippen molar-refractivity contribution in [2.75, 3.05) is 0 Å². The van der Waals surface area contributed by atoms with Crippen LogP contribution < -0.4 is 0 Å². The molecule has 0 spiro atoms. The van der Waals surface area contributed by atoms with E-state index in [0.717, 1.165) is 5.52 Å². The van der Waals surface area contributed by atoms with E-state index in [2.05, 4.69) is 72.1 Å². The highest BCUT2D eigenvalue weighted by Gasteiger charge is 2.10. The molecule has 1 aromatic carbocycles.